The average molecular weight is 227 g/mol. The lowest BCUT2D eigenvalue weighted by Crippen LogP contribution is -2.49. The lowest BCUT2D eigenvalue weighted by molar-refractivity contribution is -0.151. The molecule has 0 N–H and O–H groups in total. The van der Waals surface area contributed by atoms with E-state index >= 15 is 0 Å². The smallest absolute Gasteiger partial charge is 0.323 e. The number of esters is 1. The van der Waals surface area contributed by atoms with Gasteiger partial charge in [0.15, 0.2) is 0 Å². The third-order valence-corrected chi connectivity index (χ3v) is 3.32. The number of piperidine rings is 1. The fourth-order valence-corrected chi connectivity index (χ4v) is 2.55. The third-order valence-electron chi connectivity index (χ3n) is 3.32. The molecule has 1 atom stereocenters. The molecule has 3 nitrogen and oxygen atoms in total. The quantitative estimate of drug-likeness (QED) is 0.691. The molecule has 0 saturated carbocycles. The van der Waals surface area contributed by atoms with Crippen LogP contribution >= 0.6 is 0 Å². The first-order valence-corrected chi connectivity index (χ1v) is 6.41. The zero-order valence-electron chi connectivity index (χ0n) is 11.1. The maximum Gasteiger partial charge on any atom is 0.323 e. The normalized spacial score (nSPS) is 22.8. The van der Waals surface area contributed by atoms with E-state index in [2.05, 4.69) is 25.7 Å². The van der Waals surface area contributed by atoms with Crippen LogP contribution in [0.25, 0.3) is 0 Å². The van der Waals surface area contributed by atoms with E-state index in [-0.39, 0.29) is 12.0 Å². The molecule has 1 saturated heterocycles. The fraction of sp³-hybridized carbons (Fsp3) is 0.923. The van der Waals surface area contributed by atoms with Gasteiger partial charge >= 0.3 is 5.97 Å². The van der Waals surface area contributed by atoms with Gasteiger partial charge in [-0.05, 0) is 38.1 Å². The van der Waals surface area contributed by atoms with Crippen LogP contribution in [0.4, 0.5) is 0 Å². The highest BCUT2D eigenvalue weighted by Crippen LogP contribution is 2.30. The number of rotatable bonds is 4. The standard InChI is InChI=1S/C13H25NO2/c1-5-11(12(15)16-6-2)14-9-7-8-13(3,4)10-14/h11H,5-10H2,1-4H3. The maximum atomic E-state index is 11.8. The van der Waals surface area contributed by atoms with Crippen molar-refractivity contribution in [2.45, 2.75) is 53.0 Å². The lowest BCUT2D eigenvalue weighted by Gasteiger charge is -2.41. The zero-order chi connectivity index (χ0) is 12.2. The Morgan fingerprint density at radius 2 is 2.12 bits per heavy atom. The fourth-order valence-electron chi connectivity index (χ4n) is 2.55. The molecule has 0 aliphatic carbocycles. The summed E-state index contributed by atoms with van der Waals surface area (Å²) in [5, 5.41) is 0. The molecule has 0 aromatic carbocycles. The van der Waals surface area contributed by atoms with E-state index in [0.717, 1.165) is 19.5 Å². The molecule has 1 heterocycles. The van der Waals surface area contributed by atoms with Gasteiger partial charge in [0, 0.05) is 6.54 Å². The number of carbonyl (C=O) groups is 1. The summed E-state index contributed by atoms with van der Waals surface area (Å²) >= 11 is 0. The minimum absolute atomic E-state index is 0.0421. The number of nitrogens with zero attached hydrogens (tertiary/aromatic N) is 1. The van der Waals surface area contributed by atoms with E-state index in [1.165, 1.54) is 12.8 Å². The van der Waals surface area contributed by atoms with Gasteiger partial charge in [-0.15, -0.1) is 0 Å². The molecule has 0 aromatic rings. The van der Waals surface area contributed by atoms with Crippen molar-refractivity contribution in [1.29, 1.82) is 0 Å². The first-order chi connectivity index (χ1) is 7.50. The summed E-state index contributed by atoms with van der Waals surface area (Å²) in [6.07, 6.45) is 3.28. The Labute approximate surface area is 99.1 Å². The number of carbonyl (C=O) groups excluding carboxylic acids is 1. The molecule has 1 aliphatic rings. The highest BCUT2D eigenvalue weighted by molar-refractivity contribution is 5.75. The maximum absolute atomic E-state index is 11.8. The predicted molar refractivity (Wildman–Crippen MR) is 65.3 cm³/mol. The second-order valence-electron chi connectivity index (χ2n) is 5.41. The highest BCUT2D eigenvalue weighted by Gasteiger charge is 2.33. The van der Waals surface area contributed by atoms with Gasteiger partial charge in [-0.1, -0.05) is 20.8 Å². The van der Waals surface area contributed by atoms with Gasteiger partial charge in [0.05, 0.1) is 6.61 Å². The van der Waals surface area contributed by atoms with Gasteiger partial charge in [0.2, 0.25) is 0 Å². The Bertz CT molecular complexity index is 238. The summed E-state index contributed by atoms with van der Waals surface area (Å²) in [6.45, 7) is 11.0. The van der Waals surface area contributed by atoms with Gasteiger partial charge in [-0.2, -0.15) is 0 Å². The lowest BCUT2D eigenvalue weighted by atomic mass is 9.83. The molecule has 1 unspecified atom stereocenters. The van der Waals surface area contributed by atoms with E-state index in [0.29, 0.717) is 12.0 Å². The zero-order valence-corrected chi connectivity index (χ0v) is 11.1. The molecule has 0 radical (unpaired) electrons. The van der Waals surface area contributed by atoms with Crippen molar-refractivity contribution in [2.24, 2.45) is 5.41 Å². The Hall–Kier alpha value is -0.570. The second-order valence-corrected chi connectivity index (χ2v) is 5.41. The van der Waals surface area contributed by atoms with Crippen LogP contribution in [0.15, 0.2) is 0 Å². The molecule has 94 valence electrons. The molecular weight excluding hydrogens is 202 g/mol. The van der Waals surface area contributed by atoms with Crippen LogP contribution < -0.4 is 0 Å². The van der Waals surface area contributed by atoms with Crippen LogP contribution in [0.5, 0.6) is 0 Å². The number of hydrogen-bond donors (Lipinski definition) is 0. The van der Waals surface area contributed by atoms with Crippen LogP contribution in [-0.2, 0) is 9.53 Å². The number of likely N-dealkylation sites (tertiary alicyclic amines) is 1. The van der Waals surface area contributed by atoms with Crippen molar-refractivity contribution in [2.75, 3.05) is 19.7 Å². The average Bonchev–Trinajstić information content (AvgIpc) is 2.17. The summed E-state index contributed by atoms with van der Waals surface area (Å²) in [5.41, 5.74) is 0.332. The molecule has 0 aromatic heterocycles. The summed E-state index contributed by atoms with van der Waals surface area (Å²) < 4.78 is 5.14. The van der Waals surface area contributed by atoms with Gasteiger partial charge in [-0.25, -0.2) is 0 Å². The Morgan fingerprint density at radius 3 is 2.62 bits per heavy atom. The van der Waals surface area contributed by atoms with Crippen LogP contribution in [-0.4, -0.2) is 36.6 Å². The molecule has 3 heteroatoms. The molecular formula is C13H25NO2. The van der Waals surface area contributed by atoms with Crippen molar-refractivity contribution in [3.63, 3.8) is 0 Å². The van der Waals surface area contributed by atoms with Crippen molar-refractivity contribution in [3.05, 3.63) is 0 Å². The van der Waals surface area contributed by atoms with Gasteiger partial charge < -0.3 is 4.74 Å². The SMILES string of the molecule is CCOC(=O)C(CC)N1CCCC(C)(C)C1. The predicted octanol–water partition coefficient (Wildman–Crippen LogP) is 2.45. The summed E-state index contributed by atoms with van der Waals surface area (Å²) in [5.74, 6) is -0.0531. The summed E-state index contributed by atoms with van der Waals surface area (Å²) in [4.78, 5) is 14.1. The molecule has 0 bridgehead atoms. The van der Waals surface area contributed by atoms with Crippen molar-refractivity contribution < 1.29 is 9.53 Å². The Morgan fingerprint density at radius 1 is 1.44 bits per heavy atom. The second kappa shape index (κ2) is 5.67. The first kappa shape index (κ1) is 13.5. The summed E-state index contributed by atoms with van der Waals surface area (Å²) in [6, 6.07) is -0.0421. The third kappa shape index (κ3) is 3.48. The Balaban J connectivity index is 2.62. The molecule has 16 heavy (non-hydrogen) atoms. The molecule has 1 fully saturated rings. The minimum Gasteiger partial charge on any atom is -0.465 e. The van der Waals surface area contributed by atoms with Crippen molar-refractivity contribution >= 4 is 5.97 Å². The van der Waals surface area contributed by atoms with E-state index in [4.69, 9.17) is 4.74 Å². The van der Waals surface area contributed by atoms with Crippen molar-refractivity contribution in [3.8, 4) is 0 Å². The van der Waals surface area contributed by atoms with E-state index in [1.807, 2.05) is 6.92 Å². The van der Waals surface area contributed by atoms with Gasteiger partial charge in [0.25, 0.3) is 0 Å². The monoisotopic (exact) mass is 227 g/mol. The first-order valence-electron chi connectivity index (χ1n) is 6.41. The van der Waals surface area contributed by atoms with E-state index in [9.17, 15) is 4.79 Å². The van der Waals surface area contributed by atoms with E-state index in [1.54, 1.807) is 0 Å². The topological polar surface area (TPSA) is 29.5 Å². The van der Waals surface area contributed by atoms with Gasteiger partial charge in [-0.3, -0.25) is 9.69 Å². The molecule has 1 rings (SSSR count). The minimum atomic E-state index is -0.0531. The largest absolute Gasteiger partial charge is 0.465 e. The van der Waals surface area contributed by atoms with Crippen LogP contribution in [0.3, 0.4) is 0 Å². The van der Waals surface area contributed by atoms with Crippen molar-refractivity contribution in [1.82, 2.24) is 4.90 Å². The van der Waals surface area contributed by atoms with Crippen LogP contribution in [0.2, 0.25) is 0 Å². The molecule has 0 amide bonds. The number of hydrogen-bond acceptors (Lipinski definition) is 3. The molecule has 1 aliphatic heterocycles. The van der Waals surface area contributed by atoms with Crippen LogP contribution in [0.1, 0.15) is 47.0 Å². The highest BCUT2D eigenvalue weighted by atomic mass is 16.5. The summed E-state index contributed by atoms with van der Waals surface area (Å²) in [7, 11) is 0. The molecule has 0 spiro atoms. The van der Waals surface area contributed by atoms with Gasteiger partial charge in [0.1, 0.15) is 6.04 Å². The van der Waals surface area contributed by atoms with Crippen LogP contribution in [0, 0.1) is 5.41 Å². The Kier molecular flexibility index (Phi) is 4.78. The van der Waals surface area contributed by atoms with E-state index < -0.39 is 0 Å². The number of ether oxygens (including phenoxy) is 1.